The van der Waals surface area contributed by atoms with Gasteiger partial charge in [0.1, 0.15) is 5.84 Å². The Labute approximate surface area is 125 Å². The van der Waals surface area contributed by atoms with Crippen molar-refractivity contribution in [2.75, 3.05) is 37.6 Å². The van der Waals surface area contributed by atoms with E-state index in [4.69, 9.17) is 22.7 Å². The summed E-state index contributed by atoms with van der Waals surface area (Å²) in [5.74, 6) is 0.988. The fourth-order valence-electron chi connectivity index (χ4n) is 2.77. The van der Waals surface area contributed by atoms with E-state index in [1.807, 2.05) is 18.2 Å². The second kappa shape index (κ2) is 5.62. The molecule has 0 atom stereocenters. The molecule has 1 aliphatic heterocycles. The molecule has 0 spiro atoms. The minimum atomic E-state index is 0.0239. The number of benzene rings is 1. The van der Waals surface area contributed by atoms with Gasteiger partial charge >= 0.3 is 0 Å². The standard InChI is InChI=1S/C15H21ClN4/c16-14-9-12(3-4-13(14)15(17)18)20-7-5-19(6-8-20)10-11-1-2-11/h3-4,9,11H,1-2,5-8,10H2,(H3,17,18). The highest BCUT2D eigenvalue weighted by Gasteiger charge is 2.26. The molecule has 5 heteroatoms. The van der Waals surface area contributed by atoms with Crippen molar-refractivity contribution in [1.82, 2.24) is 4.90 Å². The molecule has 1 saturated carbocycles. The Kier molecular flexibility index (Phi) is 3.85. The van der Waals surface area contributed by atoms with Crippen LogP contribution < -0.4 is 10.6 Å². The van der Waals surface area contributed by atoms with Crippen LogP contribution in [0.4, 0.5) is 5.69 Å². The predicted octanol–water partition coefficient (Wildman–Crippen LogP) is 2.16. The van der Waals surface area contributed by atoms with Crippen molar-refractivity contribution in [1.29, 1.82) is 5.41 Å². The first kappa shape index (κ1) is 13.7. The zero-order valence-corrected chi connectivity index (χ0v) is 12.4. The Balaban J connectivity index is 1.62. The van der Waals surface area contributed by atoms with Gasteiger partial charge in [0.05, 0.1) is 5.02 Å². The molecule has 2 aliphatic rings. The van der Waals surface area contributed by atoms with Gasteiger partial charge in [-0.2, -0.15) is 0 Å². The van der Waals surface area contributed by atoms with Crippen LogP contribution in [0.1, 0.15) is 18.4 Å². The summed E-state index contributed by atoms with van der Waals surface area (Å²) in [4.78, 5) is 4.93. The Hall–Kier alpha value is -1.26. The molecule has 1 aliphatic carbocycles. The normalized spacial score (nSPS) is 20.1. The molecule has 4 nitrogen and oxygen atoms in total. The molecule has 20 heavy (non-hydrogen) atoms. The molecule has 0 amide bonds. The molecule has 1 aromatic carbocycles. The Bertz CT molecular complexity index is 505. The van der Waals surface area contributed by atoms with Gasteiger partial charge in [-0.3, -0.25) is 10.3 Å². The van der Waals surface area contributed by atoms with Crippen LogP contribution in [0.3, 0.4) is 0 Å². The highest BCUT2D eigenvalue weighted by Crippen LogP contribution is 2.30. The SMILES string of the molecule is N=C(N)c1ccc(N2CCN(CC3CC3)CC2)cc1Cl. The highest BCUT2D eigenvalue weighted by atomic mass is 35.5. The number of amidine groups is 1. The van der Waals surface area contributed by atoms with E-state index in [2.05, 4.69) is 9.80 Å². The summed E-state index contributed by atoms with van der Waals surface area (Å²) in [7, 11) is 0. The van der Waals surface area contributed by atoms with Gasteiger partial charge in [-0.15, -0.1) is 0 Å². The van der Waals surface area contributed by atoms with E-state index in [0.717, 1.165) is 37.8 Å². The van der Waals surface area contributed by atoms with Crippen molar-refractivity contribution in [3.63, 3.8) is 0 Å². The number of nitrogens with zero attached hydrogens (tertiary/aromatic N) is 2. The molecule has 0 bridgehead atoms. The first-order valence-electron chi connectivity index (χ1n) is 7.25. The van der Waals surface area contributed by atoms with Crippen molar-refractivity contribution in [3.05, 3.63) is 28.8 Å². The predicted molar refractivity (Wildman–Crippen MR) is 83.8 cm³/mol. The molecule has 0 aromatic heterocycles. The van der Waals surface area contributed by atoms with Gasteiger partial charge in [0.15, 0.2) is 0 Å². The van der Waals surface area contributed by atoms with Crippen molar-refractivity contribution >= 4 is 23.1 Å². The Morgan fingerprint density at radius 1 is 1.25 bits per heavy atom. The number of rotatable bonds is 4. The first-order valence-corrected chi connectivity index (χ1v) is 7.62. The number of hydrogen-bond acceptors (Lipinski definition) is 3. The maximum absolute atomic E-state index is 7.46. The van der Waals surface area contributed by atoms with Gasteiger partial charge < -0.3 is 10.6 Å². The highest BCUT2D eigenvalue weighted by molar-refractivity contribution is 6.34. The third-order valence-corrected chi connectivity index (χ3v) is 4.51. The molecule has 0 radical (unpaired) electrons. The number of nitrogen functional groups attached to an aromatic ring is 1. The summed E-state index contributed by atoms with van der Waals surface area (Å²) in [5, 5.41) is 8.03. The first-order chi connectivity index (χ1) is 9.63. The van der Waals surface area contributed by atoms with Crippen LogP contribution in [0.15, 0.2) is 18.2 Å². The van der Waals surface area contributed by atoms with Crippen LogP contribution in [0, 0.1) is 11.3 Å². The molecular weight excluding hydrogens is 272 g/mol. The number of hydrogen-bond donors (Lipinski definition) is 2. The zero-order chi connectivity index (χ0) is 14.1. The van der Waals surface area contributed by atoms with Gasteiger partial charge in [0.2, 0.25) is 0 Å². The van der Waals surface area contributed by atoms with E-state index >= 15 is 0 Å². The monoisotopic (exact) mass is 292 g/mol. The molecular formula is C15H21ClN4. The molecule has 1 aromatic rings. The number of nitrogens with one attached hydrogen (secondary N) is 1. The molecule has 1 heterocycles. The van der Waals surface area contributed by atoms with E-state index in [0.29, 0.717) is 10.6 Å². The van der Waals surface area contributed by atoms with Gasteiger partial charge in [0, 0.05) is 44.0 Å². The van der Waals surface area contributed by atoms with Gasteiger partial charge in [-0.05, 0) is 37.0 Å². The van der Waals surface area contributed by atoms with Crippen molar-refractivity contribution in [2.24, 2.45) is 11.7 Å². The van der Waals surface area contributed by atoms with Crippen LogP contribution in [-0.2, 0) is 0 Å². The van der Waals surface area contributed by atoms with E-state index in [1.54, 1.807) is 0 Å². The number of piperazine rings is 1. The number of anilines is 1. The lowest BCUT2D eigenvalue weighted by molar-refractivity contribution is 0.248. The Morgan fingerprint density at radius 3 is 2.50 bits per heavy atom. The summed E-state index contributed by atoms with van der Waals surface area (Å²) in [5.41, 5.74) is 7.24. The lowest BCUT2D eigenvalue weighted by Crippen LogP contribution is -2.47. The summed E-state index contributed by atoms with van der Waals surface area (Å²) in [6.07, 6.45) is 2.84. The lowest BCUT2D eigenvalue weighted by atomic mass is 10.1. The summed E-state index contributed by atoms with van der Waals surface area (Å²) >= 11 is 6.19. The van der Waals surface area contributed by atoms with E-state index in [1.165, 1.54) is 19.4 Å². The quantitative estimate of drug-likeness (QED) is 0.660. The summed E-state index contributed by atoms with van der Waals surface area (Å²) in [6.45, 7) is 5.62. The average Bonchev–Trinajstić information content (AvgIpc) is 3.23. The molecule has 0 unspecified atom stereocenters. The van der Waals surface area contributed by atoms with Crippen LogP contribution in [-0.4, -0.2) is 43.5 Å². The molecule has 1 saturated heterocycles. The maximum Gasteiger partial charge on any atom is 0.124 e. The van der Waals surface area contributed by atoms with Gasteiger partial charge in [-0.1, -0.05) is 11.6 Å². The minimum absolute atomic E-state index is 0.0239. The molecule has 108 valence electrons. The molecule has 3 rings (SSSR count). The fourth-order valence-corrected chi connectivity index (χ4v) is 3.05. The lowest BCUT2D eigenvalue weighted by Gasteiger charge is -2.36. The second-order valence-electron chi connectivity index (χ2n) is 5.81. The number of nitrogens with two attached hydrogens (primary N) is 1. The third kappa shape index (κ3) is 3.07. The van der Waals surface area contributed by atoms with Gasteiger partial charge in [0.25, 0.3) is 0 Å². The van der Waals surface area contributed by atoms with Crippen molar-refractivity contribution in [2.45, 2.75) is 12.8 Å². The largest absolute Gasteiger partial charge is 0.384 e. The van der Waals surface area contributed by atoms with E-state index in [-0.39, 0.29) is 5.84 Å². The van der Waals surface area contributed by atoms with Gasteiger partial charge in [-0.25, -0.2) is 0 Å². The summed E-state index contributed by atoms with van der Waals surface area (Å²) < 4.78 is 0. The summed E-state index contributed by atoms with van der Waals surface area (Å²) in [6, 6.07) is 5.78. The second-order valence-corrected chi connectivity index (χ2v) is 6.22. The third-order valence-electron chi connectivity index (χ3n) is 4.19. The van der Waals surface area contributed by atoms with Crippen molar-refractivity contribution < 1.29 is 0 Å². The smallest absolute Gasteiger partial charge is 0.124 e. The maximum atomic E-state index is 7.46. The van der Waals surface area contributed by atoms with E-state index in [9.17, 15) is 0 Å². The average molecular weight is 293 g/mol. The molecule has 2 fully saturated rings. The van der Waals surface area contributed by atoms with Crippen LogP contribution in [0.2, 0.25) is 5.02 Å². The van der Waals surface area contributed by atoms with Crippen molar-refractivity contribution in [3.8, 4) is 0 Å². The van der Waals surface area contributed by atoms with Crippen LogP contribution >= 0.6 is 11.6 Å². The zero-order valence-electron chi connectivity index (χ0n) is 11.6. The topological polar surface area (TPSA) is 56.4 Å². The van der Waals surface area contributed by atoms with Crippen LogP contribution in [0.5, 0.6) is 0 Å². The van der Waals surface area contributed by atoms with Crippen LogP contribution in [0.25, 0.3) is 0 Å². The molecule has 3 N–H and O–H groups in total. The van der Waals surface area contributed by atoms with E-state index < -0.39 is 0 Å². The Morgan fingerprint density at radius 2 is 1.95 bits per heavy atom. The fraction of sp³-hybridized carbons (Fsp3) is 0.533. The number of halogens is 1. The minimum Gasteiger partial charge on any atom is -0.384 e.